The van der Waals surface area contributed by atoms with E-state index in [0.29, 0.717) is 28.4 Å². The number of carbonyl (C=O) groups is 2. The summed E-state index contributed by atoms with van der Waals surface area (Å²) >= 11 is 6.57. The number of Topliss-reactive ketones (excluding diaryl/α,β-unsaturated/α-hetero) is 1. The average Bonchev–Trinajstić information content (AvgIpc) is 3.44. The molecule has 1 amide bonds. The van der Waals surface area contributed by atoms with Gasteiger partial charge in [0.1, 0.15) is 5.54 Å². The van der Waals surface area contributed by atoms with Gasteiger partial charge < -0.3 is 5.32 Å². The largest absolute Gasteiger partial charge is 0.408 e. The van der Waals surface area contributed by atoms with Crippen LogP contribution in [-0.2, 0) is 28.7 Å². The summed E-state index contributed by atoms with van der Waals surface area (Å²) < 4.78 is 27.9. The fraction of sp³-hybridized carbons (Fsp3) is 0.333. The maximum absolute atomic E-state index is 15.4. The van der Waals surface area contributed by atoms with E-state index in [0.717, 1.165) is 11.1 Å². The van der Waals surface area contributed by atoms with Gasteiger partial charge in [0, 0.05) is 47.4 Å². The molecule has 0 saturated carbocycles. The Morgan fingerprint density at radius 1 is 1.00 bits per heavy atom. The number of hydrogen-bond donors (Lipinski definition) is 1. The number of likely N-dealkylation sites (tertiary alicyclic amines) is 1. The number of rotatable bonds is 7. The van der Waals surface area contributed by atoms with E-state index in [1.807, 2.05) is 78.7 Å². The highest BCUT2D eigenvalue weighted by molar-refractivity contribution is 7.51. The molecule has 0 bridgehead atoms. The minimum Gasteiger partial charge on any atom is -0.324 e. The monoisotopic (exact) mass is 619 g/mol. The summed E-state index contributed by atoms with van der Waals surface area (Å²) in [5.41, 5.74) is 0.506. The van der Waals surface area contributed by atoms with Gasteiger partial charge in [0.25, 0.3) is 5.91 Å². The van der Waals surface area contributed by atoms with Gasteiger partial charge >= 0.3 is 7.75 Å². The van der Waals surface area contributed by atoms with Crippen molar-refractivity contribution in [3.05, 3.63) is 106 Å². The number of nitrogens with zero attached hydrogens (tertiary/aromatic N) is 2. The summed E-state index contributed by atoms with van der Waals surface area (Å²) in [6.45, 7) is 4.23. The number of halogens is 1. The molecule has 0 aromatic heterocycles. The standard InChI is InChI=1S/C33H35ClN3O5P/c1-4-41-43(40,42-5-2)37-20-25(18-23-12-8-6-9-13-23)30(38)32(22-37)28(24-14-10-7-11-15-24)21-36(3)33(32)27-19-26(34)16-17-29(27)35-31(33)39/h6-19,28H,4-5,20-22H2,1-3H3,(H,35,39)/b25-18+/t28-,32+,33+/m0/s1. The van der Waals surface area contributed by atoms with Crippen LogP contribution in [0.3, 0.4) is 0 Å². The molecule has 2 saturated heterocycles. The quantitative estimate of drug-likeness (QED) is 0.243. The molecule has 3 aromatic rings. The molecule has 0 unspecified atom stereocenters. The third-order valence-electron chi connectivity index (χ3n) is 8.97. The highest BCUT2D eigenvalue weighted by atomic mass is 35.5. The van der Waals surface area contributed by atoms with Crippen LogP contribution in [0.25, 0.3) is 6.08 Å². The van der Waals surface area contributed by atoms with Crippen molar-refractivity contribution in [3.8, 4) is 0 Å². The van der Waals surface area contributed by atoms with E-state index in [1.165, 1.54) is 0 Å². The molecular weight excluding hydrogens is 585 g/mol. The zero-order chi connectivity index (χ0) is 30.4. The first-order valence-electron chi connectivity index (χ1n) is 14.5. The number of carbonyl (C=O) groups excluding carboxylic acids is 2. The van der Waals surface area contributed by atoms with Crippen LogP contribution in [0.5, 0.6) is 0 Å². The van der Waals surface area contributed by atoms with Gasteiger partial charge in [0.15, 0.2) is 5.78 Å². The van der Waals surface area contributed by atoms with E-state index < -0.39 is 24.6 Å². The number of piperidine rings is 1. The van der Waals surface area contributed by atoms with E-state index in [1.54, 1.807) is 36.7 Å². The van der Waals surface area contributed by atoms with E-state index in [-0.39, 0.29) is 38.0 Å². The van der Waals surface area contributed by atoms with Crippen molar-refractivity contribution in [2.24, 2.45) is 5.41 Å². The van der Waals surface area contributed by atoms with Crippen LogP contribution in [0.1, 0.15) is 36.5 Å². The molecular formula is C33H35ClN3O5P. The lowest BCUT2D eigenvalue weighted by atomic mass is 9.56. The first-order valence-corrected chi connectivity index (χ1v) is 16.4. The maximum atomic E-state index is 15.4. The second-order valence-electron chi connectivity index (χ2n) is 11.2. The van der Waals surface area contributed by atoms with Crippen LogP contribution >= 0.6 is 19.3 Å². The topological polar surface area (TPSA) is 88.2 Å². The fourth-order valence-corrected chi connectivity index (χ4v) is 9.34. The van der Waals surface area contributed by atoms with Crippen molar-refractivity contribution in [2.75, 3.05) is 45.2 Å². The van der Waals surface area contributed by atoms with Crippen LogP contribution < -0.4 is 5.32 Å². The van der Waals surface area contributed by atoms with Crippen molar-refractivity contribution < 1.29 is 23.2 Å². The number of ketones is 1. The number of amides is 1. The van der Waals surface area contributed by atoms with Gasteiger partial charge in [-0.2, -0.15) is 0 Å². The van der Waals surface area contributed by atoms with Gasteiger partial charge in [0.05, 0.1) is 18.6 Å². The number of anilines is 1. The Hall–Kier alpha value is -3.10. The Labute approximate surface area is 257 Å². The fourth-order valence-electron chi connectivity index (χ4n) is 7.40. The Morgan fingerprint density at radius 2 is 1.65 bits per heavy atom. The zero-order valence-electron chi connectivity index (χ0n) is 24.5. The second kappa shape index (κ2) is 11.4. The highest BCUT2D eigenvalue weighted by Crippen LogP contribution is 2.67. The smallest absolute Gasteiger partial charge is 0.324 e. The molecule has 1 N–H and O–H groups in total. The normalized spacial score (nSPS) is 26.9. The summed E-state index contributed by atoms with van der Waals surface area (Å²) in [5, 5.41) is 3.51. The average molecular weight is 620 g/mol. The Bertz CT molecular complexity index is 1620. The summed E-state index contributed by atoms with van der Waals surface area (Å²) in [6.07, 6.45) is 1.83. The first-order chi connectivity index (χ1) is 20.7. The number of fused-ring (bicyclic) bond motifs is 3. The van der Waals surface area contributed by atoms with Crippen LogP contribution in [0.15, 0.2) is 84.4 Å². The molecule has 224 valence electrons. The minimum absolute atomic E-state index is 0.0293. The molecule has 6 rings (SSSR count). The lowest BCUT2D eigenvalue weighted by molar-refractivity contribution is -0.145. The van der Waals surface area contributed by atoms with E-state index in [9.17, 15) is 9.36 Å². The Kier molecular flexibility index (Phi) is 7.96. The number of benzene rings is 3. The predicted octanol–water partition coefficient (Wildman–Crippen LogP) is 6.35. The number of hydrogen-bond acceptors (Lipinski definition) is 6. The molecule has 0 aliphatic carbocycles. The van der Waals surface area contributed by atoms with E-state index in [4.69, 9.17) is 20.6 Å². The van der Waals surface area contributed by atoms with Gasteiger partial charge in [-0.15, -0.1) is 0 Å². The molecule has 3 atom stereocenters. The molecule has 2 fully saturated rings. The van der Waals surface area contributed by atoms with Crippen LogP contribution in [0.4, 0.5) is 5.69 Å². The minimum atomic E-state index is -3.89. The first kappa shape index (κ1) is 29.9. The molecule has 43 heavy (non-hydrogen) atoms. The molecule has 2 spiro atoms. The van der Waals surface area contributed by atoms with Crippen molar-refractivity contribution in [2.45, 2.75) is 25.3 Å². The number of likely N-dealkylation sites (N-methyl/N-ethyl adjacent to an activating group) is 1. The SMILES string of the molecule is CCOP(=O)(OCC)N1C/C(=C\c2ccccc2)C(=O)[C@@]2(C1)[C@H](c1ccccc1)CN(C)[C@]21C(=O)Nc2ccc(Cl)cc21. The van der Waals surface area contributed by atoms with Gasteiger partial charge in [-0.25, -0.2) is 9.24 Å². The van der Waals surface area contributed by atoms with Gasteiger partial charge in [-0.1, -0.05) is 72.3 Å². The summed E-state index contributed by atoms with van der Waals surface area (Å²) in [4.78, 5) is 31.9. The van der Waals surface area contributed by atoms with Crippen LogP contribution in [-0.4, -0.2) is 61.2 Å². The molecule has 8 nitrogen and oxygen atoms in total. The molecule has 3 aromatic carbocycles. The number of nitrogens with one attached hydrogen (secondary N) is 1. The van der Waals surface area contributed by atoms with Crippen molar-refractivity contribution in [1.82, 2.24) is 9.57 Å². The van der Waals surface area contributed by atoms with Gasteiger partial charge in [-0.05, 0) is 56.3 Å². The predicted molar refractivity (Wildman–Crippen MR) is 168 cm³/mol. The van der Waals surface area contributed by atoms with Crippen molar-refractivity contribution >= 4 is 42.8 Å². The Balaban J connectivity index is 1.68. The van der Waals surface area contributed by atoms with Gasteiger partial charge in [-0.3, -0.25) is 23.5 Å². The van der Waals surface area contributed by atoms with Crippen LogP contribution in [0, 0.1) is 5.41 Å². The van der Waals surface area contributed by atoms with Crippen LogP contribution in [0.2, 0.25) is 5.02 Å². The zero-order valence-corrected chi connectivity index (χ0v) is 26.1. The second-order valence-corrected chi connectivity index (χ2v) is 13.7. The van der Waals surface area contributed by atoms with Gasteiger partial charge in [0.2, 0.25) is 0 Å². The third kappa shape index (κ3) is 4.55. The molecule has 10 heteroatoms. The van der Waals surface area contributed by atoms with E-state index in [2.05, 4.69) is 5.32 Å². The van der Waals surface area contributed by atoms with Crippen molar-refractivity contribution in [3.63, 3.8) is 0 Å². The lowest BCUT2D eigenvalue weighted by Gasteiger charge is -2.51. The highest BCUT2D eigenvalue weighted by Gasteiger charge is 2.75. The van der Waals surface area contributed by atoms with Crippen molar-refractivity contribution in [1.29, 1.82) is 0 Å². The maximum Gasteiger partial charge on any atom is 0.408 e. The summed E-state index contributed by atoms with van der Waals surface area (Å²) in [5.74, 6) is -0.934. The van der Waals surface area contributed by atoms with E-state index >= 15 is 4.79 Å². The Morgan fingerprint density at radius 3 is 2.30 bits per heavy atom. The summed E-state index contributed by atoms with van der Waals surface area (Å²) in [7, 11) is -2.01. The molecule has 3 aliphatic rings. The summed E-state index contributed by atoms with van der Waals surface area (Å²) in [6, 6.07) is 24.6. The third-order valence-corrected chi connectivity index (χ3v) is 11.4. The molecule has 0 radical (unpaired) electrons. The molecule has 3 aliphatic heterocycles. The molecule has 3 heterocycles. The lowest BCUT2D eigenvalue weighted by Crippen LogP contribution is -2.65.